The Morgan fingerprint density at radius 2 is 2.15 bits per heavy atom. The van der Waals surface area contributed by atoms with Gasteiger partial charge in [0.2, 0.25) is 0 Å². The van der Waals surface area contributed by atoms with Crippen molar-refractivity contribution in [2.75, 3.05) is 11.9 Å². The van der Waals surface area contributed by atoms with E-state index in [1.54, 1.807) is 6.07 Å². The van der Waals surface area contributed by atoms with E-state index in [1.165, 1.54) is 23.5 Å². The van der Waals surface area contributed by atoms with Gasteiger partial charge in [-0.15, -0.1) is 11.3 Å². The van der Waals surface area contributed by atoms with Crippen LogP contribution in [0.15, 0.2) is 29.6 Å². The molecule has 3 nitrogen and oxygen atoms in total. The van der Waals surface area contributed by atoms with E-state index in [9.17, 15) is 4.39 Å². The Morgan fingerprint density at radius 3 is 2.90 bits per heavy atom. The molecule has 0 atom stereocenters. The summed E-state index contributed by atoms with van der Waals surface area (Å²) in [5, 5.41) is 6.48. The number of anilines is 1. The molecule has 0 fully saturated rings. The van der Waals surface area contributed by atoms with Crippen molar-refractivity contribution in [2.24, 2.45) is 0 Å². The molecule has 3 aromatic rings. The van der Waals surface area contributed by atoms with E-state index in [4.69, 9.17) is 11.6 Å². The smallest absolute Gasteiger partial charge is 0.164 e. The van der Waals surface area contributed by atoms with Crippen molar-refractivity contribution in [3.05, 3.63) is 40.5 Å². The Balaban J connectivity index is 2.20. The van der Waals surface area contributed by atoms with Gasteiger partial charge in [-0.3, -0.25) is 0 Å². The number of nitrogens with zero attached hydrogens (tertiary/aromatic N) is 2. The molecule has 0 radical (unpaired) electrons. The van der Waals surface area contributed by atoms with Gasteiger partial charge in [-0.05, 0) is 36.6 Å². The molecule has 0 aliphatic heterocycles. The topological polar surface area (TPSA) is 37.8 Å². The van der Waals surface area contributed by atoms with Crippen molar-refractivity contribution < 1.29 is 4.39 Å². The molecule has 0 amide bonds. The zero-order valence-electron chi connectivity index (χ0n) is 10.7. The fraction of sp³-hybridized carbons (Fsp3) is 0.143. The van der Waals surface area contributed by atoms with E-state index >= 15 is 0 Å². The highest BCUT2D eigenvalue weighted by molar-refractivity contribution is 7.16. The van der Waals surface area contributed by atoms with Crippen LogP contribution in [-0.4, -0.2) is 16.5 Å². The summed E-state index contributed by atoms with van der Waals surface area (Å²) in [5.74, 6) is 0.901. The maximum atomic E-state index is 13.1. The Bertz CT molecular complexity index is 772. The number of hydrogen-bond donors (Lipinski definition) is 1. The Kier molecular flexibility index (Phi) is 3.54. The molecule has 0 bridgehead atoms. The average molecular weight is 308 g/mol. The molecule has 0 saturated heterocycles. The van der Waals surface area contributed by atoms with Crippen molar-refractivity contribution >= 4 is 39.0 Å². The SMILES string of the molecule is CCNc1nc(-c2ccc(F)cc2Cl)nc2sccc12. The predicted octanol–water partition coefficient (Wildman–Crippen LogP) is 4.58. The molecule has 0 spiro atoms. The summed E-state index contributed by atoms with van der Waals surface area (Å²) >= 11 is 7.62. The molecule has 1 aromatic carbocycles. The number of rotatable bonds is 3. The van der Waals surface area contributed by atoms with Crippen LogP contribution in [0.25, 0.3) is 21.6 Å². The van der Waals surface area contributed by atoms with Crippen LogP contribution in [0.2, 0.25) is 5.02 Å². The molecule has 0 unspecified atom stereocenters. The van der Waals surface area contributed by atoms with E-state index in [0.717, 1.165) is 22.6 Å². The third kappa shape index (κ3) is 2.34. The second-order valence-electron chi connectivity index (χ2n) is 4.19. The highest BCUT2D eigenvalue weighted by Crippen LogP contribution is 2.31. The summed E-state index contributed by atoms with van der Waals surface area (Å²) in [6.45, 7) is 2.77. The van der Waals surface area contributed by atoms with Crippen molar-refractivity contribution in [3.63, 3.8) is 0 Å². The molecular weight excluding hydrogens is 297 g/mol. The first-order valence-electron chi connectivity index (χ1n) is 6.13. The summed E-state index contributed by atoms with van der Waals surface area (Å²) in [6.07, 6.45) is 0. The van der Waals surface area contributed by atoms with Crippen LogP contribution >= 0.6 is 22.9 Å². The number of benzene rings is 1. The van der Waals surface area contributed by atoms with E-state index in [-0.39, 0.29) is 5.82 Å². The van der Waals surface area contributed by atoms with Crippen LogP contribution in [0, 0.1) is 5.82 Å². The Morgan fingerprint density at radius 1 is 1.30 bits per heavy atom. The van der Waals surface area contributed by atoms with Crippen LogP contribution in [0.5, 0.6) is 0 Å². The first kappa shape index (κ1) is 13.3. The molecule has 0 aliphatic rings. The summed E-state index contributed by atoms with van der Waals surface area (Å²) in [6, 6.07) is 6.21. The lowest BCUT2D eigenvalue weighted by Crippen LogP contribution is -2.02. The second-order valence-corrected chi connectivity index (χ2v) is 5.49. The third-order valence-corrected chi connectivity index (χ3v) is 3.96. The lowest BCUT2D eigenvalue weighted by atomic mass is 10.2. The average Bonchev–Trinajstić information content (AvgIpc) is 2.87. The standard InChI is InChI=1S/C14H11ClFN3S/c1-2-17-12-10-5-6-20-14(10)19-13(18-12)9-4-3-8(16)7-11(9)15/h3-7H,2H2,1H3,(H,17,18,19). The zero-order valence-corrected chi connectivity index (χ0v) is 12.2. The zero-order chi connectivity index (χ0) is 14.1. The predicted molar refractivity (Wildman–Crippen MR) is 82.0 cm³/mol. The quantitative estimate of drug-likeness (QED) is 0.769. The van der Waals surface area contributed by atoms with Gasteiger partial charge in [-0.1, -0.05) is 11.6 Å². The molecular formula is C14H11ClFN3S. The van der Waals surface area contributed by atoms with Gasteiger partial charge in [0, 0.05) is 12.1 Å². The highest BCUT2D eigenvalue weighted by Gasteiger charge is 2.12. The largest absolute Gasteiger partial charge is 0.370 e. The van der Waals surface area contributed by atoms with Crippen molar-refractivity contribution in [1.82, 2.24) is 9.97 Å². The first-order chi connectivity index (χ1) is 9.69. The fourth-order valence-corrected chi connectivity index (χ4v) is 2.96. The maximum absolute atomic E-state index is 13.1. The summed E-state index contributed by atoms with van der Waals surface area (Å²) in [7, 11) is 0. The maximum Gasteiger partial charge on any atom is 0.164 e. The minimum Gasteiger partial charge on any atom is -0.370 e. The third-order valence-electron chi connectivity index (χ3n) is 2.84. The minimum absolute atomic E-state index is 0.309. The van der Waals surface area contributed by atoms with Crippen molar-refractivity contribution in [2.45, 2.75) is 6.92 Å². The lowest BCUT2D eigenvalue weighted by Gasteiger charge is -2.08. The monoisotopic (exact) mass is 307 g/mol. The van der Waals surface area contributed by atoms with Crippen LogP contribution in [-0.2, 0) is 0 Å². The van der Waals surface area contributed by atoms with Gasteiger partial charge in [0.1, 0.15) is 16.5 Å². The number of aromatic nitrogens is 2. The molecule has 2 heterocycles. The second kappa shape index (κ2) is 5.34. The molecule has 1 N–H and O–H groups in total. The van der Waals surface area contributed by atoms with E-state index < -0.39 is 0 Å². The molecule has 3 rings (SSSR count). The van der Waals surface area contributed by atoms with Crippen molar-refractivity contribution in [3.8, 4) is 11.4 Å². The van der Waals surface area contributed by atoms with Crippen LogP contribution in [0.3, 0.4) is 0 Å². The van der Waals surface area contributed by atoms with Gasteiger partial charge in [-0.25, -0.2) is 14.4 Å². The summed E-state index contributed by atoms with van der Waals surface area (Å²) in [4.78, 5) is 9.88. The molecule has 20 heavy (non-hydrogen) atoms. The Hall–Kier alpha value is -1.72. The number of hydrogen-bond acceptors (Lipinski definition) is 4. The number of thiophene rings is 1. The van der Waals surface area contributed by atoms with Gasteiger partial charge < -0.3 is 5.32 Å². The molecule has 102 valence electrons. The van der Waals surface area contributed by atoms with Crippen LogP contribution in [0.1, 0.15) is 6.92 Å². The minimum atomic E-state index is -0.372. The Labute approximate surface area is 124 Å². The lowest BCUT2D eigenvalue weighted by molar-refractivity contribution is 0.628. The van der Waals surface area contributed by atoms with Crippen LogP contribution in [0.4, 0.5) is 10.2 Å². The summed E-state index contributed by atoms with van der Waals surface area (Å²) < 4.78 is 13.1. The first-order valence-corrected chi connectivity index (χ1v) is 7.39. The van der Waals surface area contributed by atoms with Gasteiger partial charge in [0.25, 0.3) is 0 Å². The van der Waals surface area contributed by atoms with Crippen molar-refractivity contribution in [1.29, 1.82) is 0 Å². The van der Waals surface area contributed by atoms with Crippen LogP contribution < -0.4 is 5.32 Å². The fourth-order valence-electron chi connectivity index (χ4n) is 1.95. The van der Waals surface area contributed by atoms with Gasteiger partial charge >= 0.3 is 0 Å². The van der Waals surface area contributed by atoms with E-state index in [0.29, 0.717) is 16.4 Å². The van der Waals surface area contributed by atoms with E-state index in [1.807, 2.05) is 18.4 Å². The van der Waals surface area contributed by atoms with Gasteiger partial charge in [-0.2, -0.15) is 0 Å². The highest BCUT2D eigenvalue weighted by atomic mass is 35.5. The molecule has 0 aliphatic carbocycles. The molecule has 2 aromatic heterocycles. The molecule has 6 heteroatoms. The number of fused-ring (bicyclic) bond motifs is 1. The number of halogens is 2. The van der Waals surface area contributed by atoms with Gasteiger partial charge in [0.15, 0.2) is 5.82 Å². The van der Waals surface area contributed by atoms with E-state index in [2.05, 4.69) is 15.3 Å². The normalized spacial score (nSPS) is 10.9. The molecule has 0 saturated carbocycles. The number of nitrogens with one attached hydrogen (secondary N) is 1. The summed E-state index contributed by atoms with van der Waals surface area (Å²) in [5.41, 5.74) is 0.627. The van der Waals surface area contributed by atoms with Gasteiger partial charge in [0.05, 0.1) is 10.4 Å².